The second-order valence-corrected chi connectivity index (χ2v) is 6.03. The van der Waals surface area contributed by atoms with Crippen molar-refractivity contribution in [2.75, 3.05) is 26.4 Å². The largest absolute Gasteiger partial charge is 0.491 e. The van der Waals surface area contributed by atoms with E-state index in [0.717, 1.165) is 48.9 Å². The van der Waals surface area contributed by atoms with Crippen molar-refractivity contribution in [3.8, 4) is 5.75 Å². The van der Waals surface area contributed by atoms with Crippen molar-refractivity contribution in [1.29, 1.82) is 0 Å². The number of hydrogen-bond donors (Lipinski definition) is 1. The number of ether oxygens (including phenoxy) is 2. The first-order chi connectivity index (χ1) is 10.1. The fraction of sp³-hybridized carbons (Fsp3) is 0.647. The molecule has 0 heterocycles. The molecule has 3 nitrogen and oxygen atoms in total. The molecule has 1 rings (SSSR count). The quantitative estimate of drug-likeness (QED) is 0.618. The van der Waals surface area contributed by atoms with Gasteiger partial charge in [-0.05, 0) is 37.1 Å². The molecule has 0 amide bonds. The Morgan fingerprint density at radius 2 is 2.00 bits per heavy atom. The third-order valence-electron chi connectivity index (χ3n) is 3.02. The van der Waals surface area contributed by atoms with Gasteiger partial charge >= 0.3 is 0 Å². The first-order valence-electron chi connectivity index (χ1n) is 7.83. The average molecular weight is 314 g/mol. The van der Waals surface area contributed by atoms with Crippen LogP contribution < -0.4 is 10.1 Å². The first-order valence-corrected chi connectivity index (χ1v) is 8.21. The van der Waals surface area contributed by atoms with Crippen LogP contribution in [-0.4, -0.2) is 26.4 Å². The van der Waals surface area contributed by atoms with Crippen molar-refractivity contribution in [2.45, 2.75) is 40.2 Å². The van der Waals surface area contributed by atoms with E-state index in [2.05, 4.69) is 26.1 Å². The van der Waals surface area contributed by atoms with E-state index in [1.54, 1.807) is 0 Å². The third-order valence-corrected chi connectivity index (χ3v) is 3.25. The van der Waals surface area contributed by atoms with Crippen LogP contribution in [-0.2, 0) is 11.3 Å². The lowest BCUT2D eigenvalue weighted by atomic mass is 10.2. The summed E-state index contributed by atoms with van der Waals surface area (Å²) in [5, 5.41) is 4.16. The molecule has 0 aliphatic rings. The van der Waals surface area contributed by atoms with Crippen LogP contribution in [0.1, 0.15) is 39.2 Å². The predicted octanol–water partition coefficient (Wildman–Crippen LogP) is 4.28. The van der Waals surface area contributed by atoms with E-state index in [9.17, 15) is 0 Å². The summed E-state index contributed by atoms with van der Waals surface area (Å²) in [5.41, 5.74) is 1.09. The smallest absolute Gasteiger partial charge is 0.124 e. The van der Waals surface area contributed by atoms with Gasteiger partial charge in [-0.1, -0.05) is 38.8 Å². The van der Waals surface area contributed by atoms with Crippen molar-refractivity contribution in [3.05, 3.63) is 28.8 Å². The molecule has 0 spiro atoms. The summed E-state index contributed by atoms with van der Waals surface area (Å²) in [4.78, 5) is 0. The molecule has 21 heavy (non-hydrogen) atoms. The maximum atomic E-state index is 6.07. The number of nitrogens with one attached hydrogen (secondary N) is 1. The summed E-state index contributed by atoms with van der Waals surface area (Å²) in [6, 6.07) is 5.75. The highest BCUT2D eigenvalue weighted by Crippen LogP contribution is 2.23. The number of halogens is 1. The van der Waals surface area contributed by atoms with Crippen LogP contribution in [0.25, 0.3) is 0 Å². The SMILES string of the molecule is CCCCOCCOc1ccc(Cl)cc1CNCC(C)C. The Kier molecular flexibility index (Phi) is 9.48. The summed E-state index contributed by atoms with van der Waals surface area (Å²) in [6.45, 7) is 10.3. The van der Waals surface area contributed by atoms with E-state index < -0.39 is 0 Å². The second kappa shape index (κ2) is 10.9. The fourth-order valence-corrected chi connectivity index (χ4v) is 2.08. The number of benzene rings is 1. The molecule has 0 aromatic heterocycles. The van der Waals surface area contributed by atoms with E-state index in [0.29, 0.717) is 19.1 Å². The normalized spacial score (nSPS) is 11.1. The highest BCUT2D eigenvalue weighted by molar-refractivity contribution is 6.30. The zero-order chi connectivity index (χ0) is 15.5. The molecule has 0 radical (unpaired) electrons. The number of rotatable bonds is 11. The molecule has 120 valence electrons. The minimum Gasteiger partial charge on any atom is -0.491 e. The fourth-order valence-electron chi connectivity index (χ4n) is 1.88. The van der Waals surface area contributed by atoms with Gasteiger partial charge in [0.25, 0.3) is 0 Å². The second-order valence-electron chi connectivity index (χ2n) is 5.59. The van der Waals surface area contributed by atoms with Gasteiger partial charge in [0.05, 0.1) is 6.61 Å². The number of hydrogen-bond acceptors (Lipinski definition) is 3. The van der Waals surface area contributed by atoms with Crippen molar-refractivity contribution in [1.82, 2.24) is 5.32 Å². The summed E-state index contributed by atoms with van der Waals surface area (Å²) in [6.07, 6.45) is 2.26. The van der Waals surface area contributed by atoms with E-state index in [1.165, 1.54) is 0 Å². The van der Waals surface area contributed by atoms with Crippen LogP contribution in [0.15, 0.2) is 18.2 Å². The van der Waals surface area contributed by atoms with Gasteiger partial charge in [0.15, 0.2) is 0 Å². The molecular formula is C17H28ClNO2. The van der Waals surface area contributed by atoms with Gasteiger partial charge in [-0.3, -0.25) is 0 Å². The van der Waals surface area contributed by atoms with Crippen LogP contribution in [0.3, 0.4) is 0 Å². The van der Waals surface area contributed by atoms with Crippen molar-refractivity contribution in [2.24, 2.45) is 5.92 Å². The van der Waals surface area contributed by atoms with E-state index in [1.807, 2.05) is 18.2 Å². The lowest BCUT2D eigenvalue weighted by molar-refractivity contribution is 0.0977. The molecular weight excluding hydrogens is 286 g/mol. The number of unbranched alkanes of at least 4 members (excludes halogenated alkanes) is 1. The van der Waals surface area contributed by atoms with Gasteiger partial charge < -0.3 is 14.8 Å². The highest BCUT2D eigenvalue weighted by Gasteiger charge is 2.05. The molecule has 0 aliphatic carbocycles. The third kappa shape index (κ3) is 8.30. The van der Waals surface area contributed by atoms with Gasteiger partial charge in [0.2, 0.25) is 0 Å². The van der Waals surface area contributed by atoms with Crippen LogP contribution in [0.2, 0.25) is 5.02 Å². The van der Waals surface area contributed by atoms with Crippen molar-refractivity contribution < 1.29 is 9.47 Å². The van der Waals surface area contributed by atoms with Gasteiger partial charge in [-0.2, -0.15) is 0 Å². The van der Waals surface area contributed by atoms with Crippen molar-refractivity contribution >= 4 is 11.6 Å². The molecule has 0 bridgehead atoms. The Morgan fingerprint density at radius 1 is 1.19 bits per heavy atom. The van der Waals surface area contributed by atoms with Gasteiger partial charge in [-0.25, -0.2) is 0 Å². The summed E-state index contributed by atoms with van der Waals surface area (Å²) in [7, 11) is 0. The van der Waals surface area contributed by atoms with Gasteiger partial charge in [-0.15, -0.1) is 0 Å². The minimum atomic E-state index is 0.572. The molecule has 1 aromatic rings. The van der Waals surface area contributed by atoms with E-state index in [4.69, 9.17) is 21.1 Å². The topological polar surface area (TPSA) is 30.5 Å². The molecule has 0 atom stereocenters. The van der Waals surface area contributed by atoms with E-state index in [-0.39, 0.29) is 0 Å². The molecule has 0 saturated heterocycles. The van der Waals surface area contributed by atoms with Crippen LogP contribution in [0, 0.1) is 5.92 Å². The lowest BCUT2D eigenvalue weighted by Gasteiger charge is -2.14. The Bertz CT molecular complexity index is 396. The summed E-state index contributed by atoms with van der Waals surface area (Å²) in [5.74, 6) is 1.51. The Morgan fingerprint density at radius 3 is 2.71 bits per heavy atom. The molecule has 0 unspecified atom stereocenters. The monoisotopic (exact) mass is 313 g/mol. The molecule has 0 saturated carbocycles. The lowest BCUT2D eigenvalue weighted by Crippen LogP contribution is -2.19. The Balaban J connectivity index is 2.40. The first kappa shape index (κ1) is 18.3. The maximum Gasteiger partial charge on any atom is 0.124 e. The molecule has 1 aromatic carbocycles. The van der Waals surface area contributed by atoms with Gasteiger partial charge in [0, 0.05) is 23.7 Å². The van der Waals surface area contributed by atoms with Crippen LogP contribution in [0.5, 0.6) is 5.75 Å². The zero-order valence-electron chi connectivity index (χ0n) is 13.5. The molecule has 1 N–H and O–H groups in total. The summed E-state index contributed by atoms with van der Waals surface area (Å²) < 4.78 is 11.3. The minimum absolute atomic E-state index is 0.572. The summed E-state index contributed by atoms with van der Waals surface area (Å²) >= 11 is 6.07. The van der Waals surface area contributed by atoms with Gasteiger partial charge in [0.1, 0.15) is 12.4 Å². The highest BCUT2D eigenvalue weighted by atomic mass is 35.5. The maximum absolute atomic E-state index is 6.07. The Hall–Kier alpha value is -0.770. The molecule has 0 fully saturated rings. The van der Waals surface area contributed by atoms with Crippen LogP contribution >= 0.6 is 11.6 Å². The molecule has 0 aliphatic heterocycles. The standard InChI is InChI=1S/C17H28ClNO2/c1-4-5-8-20-9-10-21-17-7-6-16(18)11-15(17)13-19-12-14(2)3/h6-7,11,14,19H,4-5,8-10,12-13H2,1-3H3. The Labute approximate surface area is 134 Å². The average Bonchev–Trinajstić information content (AvgIpc) is 2.44. The van der Waals surface area contributed by atoms with Crippen molar-refractivity contribution in [3.63, 3.8) is 0 Å². The molecule has 4 heteroatoms. The zero-order valence-corrected chi connectivity index (χ0v) is 14.2. The predicted molar refractivity (Wildman–Crippen MR) is 89.2 cm³/mol. The van der Waals surface area contributed by atoms with E-state index >= 15 is 0 Å². The van der Waals surface area contributed by atoms with Crippen LogP contribution in [0.4, 0.5) is 0 Å².